The Morgan fingerprint density at radius 2 is 1.74 bits per heavy atom. The predicted molar refractivity (Wildman–Crippen MR) is 81.0 cm³/mol. The minimum Gasteiger partial charge on any atom is -0.262 e. The van der Waals surface area contributed by atoms with Gasteiger partial charge in [-0.2, -0.15) is 8.42 Å². The molecule has 0 fully saturated rings. The number of hydrogen-bond acceptors (Lipinski definition) is 3. The first kappa shape index (κ1) is 16.7. The molecule has 0 saturated carbocycles. The van der Waals surface area contributed by atoms with Crippen LogP contribution in [-0.4, -0.2) is 19.3 Å². The fourth-order valence-corrected chi connectivity index (χ4v) is 3.24. The molecule has 108 valence electrons. The first-order chi connectivity index (χ1) is 8.63. The van der Waals surface area contributed by atoms with Crippen LogP contribution in [0.15, 0.2) is 35.2 Å². The Kier molecular flexibility index (Phi) is 5.59. The summed E-state index contributed by atoms with van der Waals surface area (Å²) in [6.45, 7) is 7.92. The van der Waals surface area contributed by atoms with E-state index in [2.05, 4.69) is 15.9 Å². The highest BCUT2D eigenvalue weighted by Crippen LogP contribution is 2.30. The zero-order valence-corrected chi connectivity index (χ0v) is 14.2. The molecule has 2 atom stereocenters. The van der Waals surface area contributed by atoms with Gasteiger partial charge in [0.25, 0.3) is 10.1 Å². The van der Waals surface area contributed by atoms with Crippen LogP contribution in [0.1, 0.15) is 34.1 Å². The average molecular weight is 349 g/mol. The highest BCUT2D eigenvalue weighted by Gasteiger charge is 2.32. The molecule has 3 nitrogen and oxygen atoms in total. The van der Waals surface area contributed by atoms with E-state index in [1.165, 1.54) is 0 Å². The van der Waals surface area contributed by atoms with Crippen LogP contribution in [-0.2, 0) is 14.3 Å². The standard InChI is InChI=1S/C14H21BrO3S/c1-11(15)10-13(14(2,3)4)18-19(16,17)12-8-6-5-7-9-12/h5-9,11,13H,10H2,1-4H3/t11?,13-/m1/s1. The van der Waals surface area contributed by atoms with Gasteiger partial charge in [-0.05, 0) is 24.0 Å². The predicted octanol–water partition coefficient (Wildman–Crippen LogP) is 3.98. The van der Waals surface area contributed by atoms with Gasteiger partial charge in [0.15, 0.2) is 0 Å². The number of rotatable bonds is 5. The first-order valence-electron chi connectivity index (χ1n) is 6.25. The lowest BCUT2D eigenvalue weighted by molar-refractivity contribution is 0.0862. The maximum absolute atomic E-state index is 12.2. The van der Waals surface area contributed by atoms with Crippen molar-refractivity contribution in [2.24, 2.45) is 5.41 Å². The molecule has 0 aliphatic carbocycles. The van der Waals surface area contributed by atoms with E-state index in [-0.39, 0.29) is 21.2 Å². The Hall–Kier alpha value is -0.390. The number of benzene rings is 1. The molecule has 1 aromatic carbocycles. The molecule has 0 aliphatic rings. The van der Waals surface area contributed by atoms with Gasteiger partial charge in [-0.25, -0.2) is 0 Å². The molecule has 0 spiro atoms. The van der Waals surface area contributed by atoms with Crippen LogP contribution in [0.2, 0.25) is 0 Å². The fourth-order valence-electron chi connectivity index (χ4n) is 1.63. The first-order valence-corrected chi connectivity index (χ1v) is 8.58. The maximum atomic E-state index is 12.2. The van der Waals surface area contributed by atoms with Gasteiger partial charge >= 0.3 is 0 Å². The van der Waals surface area contributed by atoms with E-state index in [4.69, 9.17) is 4.18 Å². The van der Waals surface area contributed by atoms with E-state index in [0.717, 1.165) is 0 Å². The Labute approximate surface area is 124 Å². The van der Waals surface area contributed by atoms with Crippen molar-refractivity contribution in [3.8, 4) is 0 Å². The summed E-state index contributed by atoms with van der Waals surface area (Å²) in [5.74, 6) is 0. The summed E-state index contributed by atoms with van der Waals surface area (Å²) in [5.41, 5.74) is -0.246. The second-order valence-corrected chi connectivity index (χ2v) is 8.87. The molecule has 5 heteroatoms. The largest absolute Gasteiger partial charge is 0.297 e. The molecule has 0 saturated heterocycles. The Morgan fingerprint density at radius 1 is 1.21 bits per heavy atom. The highest BCUT2D eigenvalue weighted by molar-refractivity contribution is 9.09. The van der Waals surface area contributed by atoms with Crippen molar-refractivity contribution in [3.05, 3.63) is 30.3 Å². The molecule has 0 bridgehead atoms. The lowest BCUT2D eigenvalue weighted by Gasteiger charge is -2.30. The molecule has 19 heavy (non-hydrogen) atoms. The van der Waals surface area contributed by atoms with Crippen molar-refractivity contribution in [3.63, 3.8) is 0 Å². The van der Waals surface area contributed by atoms with Gasteiger partial charge in [0.2, 0.25) is 0 Å². The molecule has 0 amide bonds. The van der Waals surface area contributed by atoms with Gasteiger partial charge in [0.05, 0.1) is 11.0 Å². The third-order valence-corrected chi connectivity index (χ3v) is 4.49. The minimum atomic E-state index is -3.71. The second kappa shape index (κ2) is 6.37. The minimum absolute atomic E-state index is 0.197. The van der Waals surface area contributed by atoms with Crippen LogP contribution in [0.3, 0.4) is 0 Å². The fraction of sp³-hybridized carbons (Fsp3) is 0.571. The van der Waals surface area contributed by atoms with Gasteiger partial charge in [-0.3, -0.25) is 4.18 Å². The van der Waals surface area contributed by atoms with Crippen LogP contribution < -0.4 is 0 Å². The molecule has 0 heterocycles. The molecular formula is C14H21BrO3S. The SMILES string of the molecule is CC(Br)C[C@@H](OS(=O)(=O)c1ccccc1)C(C)(C)C. The van der Waals surface area contributed by atoms with E-state index in [1.807, 2.05) is 27.7 Å². The molecule has 1 unspecified atom stereocenters. The van der Waals surface area contributed by atoms with Gasteiger partial charge in [-0.15, -0.1) is 0 Å². The van der Waals surface area contributed by atoms with Gasteiger partial charge in [-0.1, -0.05) is 61.8 Å². The van der Waals surface area contributed by atoms with E-state index in [0.29, 0.717) is 6.42 Å². The summed E-state index contributed by atoms with van der Waals surface area (Å²) in [7, 11) is -3.71. The molecule has 0 N–H and O–H groups in total. The zero-order chi connectivity index (χ0) is 14.7. The summed E-state index contributed by atoms with van der Waals surface area (Å²) in [6.07, 6.45) is 0.266. The average Bonchev–Trinajstić information content (AvgIpc) is 2.27. The third kappa shape index (κ3) is 5.24. The summed E-state index contributed by atoms with van der Waals surface area (Å²) in [6, 6.07) is 8.25. The van der Waals surface area contributed by atoms with Crippen LogP contribution >= 0.6 is 15.9 Å². The summed E-state index contributed by atoms with van der Waals surface area (Å²) >= 11 is 3.46. The van der Waals surface area contributed by atoms with E-state index < -0.39 is 10.1 Å². The number of alkyl halides is 1. The van der Waals surface area contributed by atoms with Crippen molar-refractivity contribution in [2.75, 3.05) is 0 Å². The van der Waals surface area contributed by atoms with Crippen molar-refractivity contribution in [1.29, 1.82) is 0 Å². The van der Waals surface area contributed by atoms with Crippen LogP contribution in [0, 0.1) is 5.41 Å². The van der Waals surface area contributed by atoms with Gasteiger partial charge < -0.3 is 0 Å². The quantitative estimate of drug-likeness (QED) is 0.597. The lowest BCUT2D eigenvalue weighted by atomic mass is 9.87. The molecule has 0 radical (unpaired) electrons. The van der Waals surface area contributed by atoms with E-state index in [1.54, 1.807) is 30.3 Å². The van der Waals surface area contributed by atoms with Crippen LogP contribution in [0.25, 0.3) is 0 Å². The molecule has 0 aromatic heterocycles. The summed E-state index contributed by atoms with van der Waals surface area (Å²) in [4.78, 5) is 0.397. The Balaban J connectivity index is 2.96. The Morgan fingerprint density at radius 3 is 2.16 bits per heavy atom. The maximum Gasteiger partial charge on any atom is 0.297 e. The lowest BCUT2D eigenvalue weighted by Crippen LogP contribution is -2.33. The summed E-state index contributed by atoms with van der Waals surface area (Å²) in [5, 5.41) is 0. The number of hydrogen-bond donors (Lipinski definition) is 0. The normalized spacial score (nSPS) is 16.1. The molecule has 0 aliphatic heterocycles. The summed E-state index contributed by atoms with van der Waals surface area (Å²) < 4.78 is 29.9. The van der Waals surface area contributed by atoms with Gasteiger partial charge in [0, 0.05) is 4.83 Å². The monoisotopic (exact) mass is 348 g/mol. The molecule has 1 aromatic rings. The van der Waals surface area contributed by atoms with E-state index in [9.17, 15) is 8.42 Å². The van der Waals surface area contributed by atoms with Crippen molar-refractivity contribution < 1.29 is 12.6 Å². The third-order valence-electron chi connectivity index (χ3n) is 2.78. The van der Waals surface area contributed by atoms with Crippen LogP contribution in [0.5, 0.6) is 0 Å². The number of halogens is 1. The highest BCUT2D eigenvalue weighted by atomic mass is 79.9. The van der Waals surface area contributed by atoms with Crippen molar-refractivity contribution in [2.45, 2.75) is 49.9 Å². The second-order valence-electron chi connectivity index (χ2n) is 5.73. The smallest absolute Gasteiger partial charge is 0.262 e. The van der Waals surface area contributed by atoms with Crippen molar-refractivity contribution >= 4 is 26.0 Å². The topological polar surface area (TPSA) is 43.4 Å². The van der Waals surface area contributed by atoms with Crippen LogP contribution in [0.4, 0.5) is 0 Å². The molecular weight excluding hydrogens is 328 g/mol. The Bertz CT molecular complexity index is 489. The van der Waals surface area contributed by atoms with Crippen molar-refractivity contribution in [1.82, 2.24) is 0 Å². The zero-order valence-electron chi connectivity index (χ0n) is 11.8. The van der Waals surface area contributed by atoms with Gasteiger partial charge in [0.1, 0.15) is 0 Å². The van der Waals surface area contributed by atoms with E-state index >= 15 is 0 Å². The molecule has 1 rings (SSSR count).